The largest absolute Gasteiger partial charge is 0.480 e. The molecule has 0 radical (unpaired) electrons. The first-order chi connectivity index (χ1) is 8.26. The number of carbonyl (C=O) groups is 2. The molecule has 0 aromatic heterocycles. The zero-order valence-electron chi connectivity index (χ0n) is 10.6. The minimum Gasteiger partial charge on any atom is -0.480 e. The van der Waals surface area contributed by atoms with Gasteiger partial charge in [0.05, 0.1) is 0 Å². The second-order valence-electron chi connectivity index (χ2n) is 4.68. The van der Waals surface area contributed by atoms with Crippen molar-refractivity contribution >= 4 is 23.5 Å². The van der Waals surface area contributed by atoms with Crippen LogP contribution in [0.4, 0.5) is 0 Å². The van der Waals surface area contributed by atoms with Crippen LogP contribution < -0.4 is 0 Å². The van der Waals surface area contributed by atoms with Crippen molar-refractivity contribution in [3.63, 3.8) is 0 Å². The molecule has 0 saturated heterocycles. The number of carboxylic acid groups (broad SMARTS) is 1. The van der Waals surface area contributed by atoms with Crippen LogP contribution in [0.2, 0.25) is 5.02 Å². The van der Waals surface area contributed by atoms with Gasteiger partial charge in [0.2, 0.25) is 5.91 Å². The summed E-state index contributed by atoms with van der Waals surface area (Å²) in [6.45, 7) is 3.07. The number of amides is 1. The normalized spacial score (nSPS) is 11.1. The number of nitrogens with zero attached hydrogens (tertiary/aromatic N) is 1. The maximum Gasteiger partial charge on any atom is 0.318 e. The Hall–Kier alpha value is -1.55. The van der Waals surface area contributed by atoms with E-state index in [-0.39, 0.29) is 6.54 Å². The Morgan fingerprint density at radius 2 is 1.89 bits per heavy atom. The van der Waals surface area contributed by atoms with Gasteiger partial charge in [0.25, 0.3) is 0 Å². The summed E-state index contributed by atoms with van der Waals surface area (Å²) in [7, 11) is 1.57. The van der Waals surface area contributed by atoms with Gasteiger partial charge in [0.15, 0.2) is 0 Å². The molecule has 0 bridgehead atoms. The highest BCUT2D eigenvalue weighted by Crippen LogP contribution is 2.22. The van der Waals surface area contributed by atoms with Gasteiger partial charge in [-0.2, -0.15) is 0 Å². The maximum atomic E-state index is 12.0. The third-order valence-corrected chi connectivity index (χ3v) is 3.15. The molecule has 0 atom stereocenters. The van der Waals surface area contributed by atoms with Gasteiger partial charge in [-0.1, -0.05) is 29.8 Å². The number of hydrogen-bond acceptors (Lipinski definition) is 2. The van der Waals surface area contributed by atoms with Crippen molar-refractivity contribution in [3.05, 3.63) is 34.9 Å². The minimum atomic E-state index is -1.43. The van der Waals surface area contributed by atoms with E-state index >= 15 is 0 Å². The van der Waals surface area contributed by atoms with Crippen LogP contribution in [0.1, 0.15) is 19.4 Å². The summed E-state index contributed by atoms with van der Waals surface area (Å²) in [5, 5.41) is 9.57. The quantitative estimate of drug-likeness (QED) is 0.854. The lowest BCUT2D eigenvalue weighted by Gasteiger charge is -2.26. The molecule has 1 aromatic carbocycles. The lowest BCUT2D eigenvalue weighted by molar-refractivity contribution is -0.157. The van der Waals surface area contributed by atoms with Gasteiger partial charge in [-0.05, 0) is 25.5 Å². The highest BCUT2D eigenvalue weighted by molar-refractivity contribution is 6.31. The summed E-state index contributed by atoms with van der Waals surface area (Å²) in [5.41, 5.74) is -0.646. The van der Waals surface area contributed by atoms with Crippen molar-refractivity contribution in [2.24, 2.45) is 5.41 Å². The van der Waals surface area contributed by atoms with E-state index in [0.29, 0.717) is 5.02 Å². The summed E-state index contributed by atoms with van der Waals surface area (Å²) in [4.78, 5) is 24.4. The van der Waals surface area contributed by atoms with Gasteiger partial charge >= 0.3 is 5.97 Å². The average Bonchev–Trinajstić information content (AvgIpc) is 2.30. The van der Waals surface area contributed by atoms with Gasteiger partial charge in [-0.15, -0.1) is 0 Å². The first-order valence-corrected chi connectivity index (χ1v) is 5.87. The Kier molecular flexibility index (Phi) is 4.35. The van der Waals surface area contributed by atoms with Crippen molar-refractivity contribution in [1.29, 1.82) is 0 Å². The lowest BCUT2D eigenvalue weighted by Crippen LogP contribution is -2.43. The molecule has 0 aliphatic rings. The Balaban J connectivity index is 2.84. The first-order valence-electron chi connectivity index (χ1n) is 5.49. The van der Waals surface area contributed by atoms with E-state index in [9.17, 15) is 9.59 Å². The number of benzene rings is 1. The number of halogens is 1. The Morgan fingerprint density at radius 3 is 2.39 bits per heavy atom. The average molecular weight is 270 g/mol. The summed E-state index contributed by atoms with van der Waals surface area (Å²) in [6, 6.07) is 7.16. The molecule has 1 aromatic rings. The van der Waals surface area contributed by atoms with Crippen molar-refractivity contribution in [2.45, 2.75) is 20.4 Å². The molecule has 4 nitrogen and oxygen atoms in total. The molecule has 98 valence electrons. The molecule has 5 heteroatoms. The number of aliphatic carboxylic acids is 1. The fourth-order valence-electron chi connectivity index (χ4n) is 1.52. The molecule has 1 rings (SSSR count). The molecular weight excluding hydrogens is 254 g/mol. The maximum absolute atomic E-state index is 12.0. The van der Waals surface area contributed by atoms with E-state index < -0.39 is 17.3 Å². The van der Waals surface area contributed by atoms with E-state index in [2.05, 4.69) is 0 Å². The minimum absolute atomic E-state index is 0.287. The number of rotatable bonds is 4. The van der Waals surface area contributed by atoms with E-state index in [0.717, 1.165) is 5.56 Å². The first kappa shape index (κ1) is 14.5. The molecule has 1 N–H and O–H groups in total. The van der Waals surface area contributed by atoms with Gasteiger partial charge in [-0.3, -0.25) is 9.59 Å². The fraction of sp³-hybridized carbons (Fsp3) is 0.385. The van der Waals surface area contributed by atoms with Crippen LogP contribution in [-0.2, 0) is 16.1 Å². The van der Waals surface area contributed by atoms with Crippen molar-refractivity contribution in [3.8, 4) is 0 Å². The summed E-state index contributed by atoms with van der Waals surface area (Å²) >= 11 is 6.00. The predicted octanol–water partition coefficient (Wildman–Crippen LogP) is 2.41. The van der Waals surface area contributed by atoms with Crippen LogP contribution in [0.25, 0.3) is 0 Å². The molecule has 0 aliphatic heterocycles. The molecule has 0 spiro atoms. The second-order valence-corrected chi connectivity index (χ2v) is 5.09. The van der Waals surface area contributed by atoms with Crippen LogP contribution in [0.5, 0.6) is 0 Å². The third kappa shape index (κ3) is 3.01. The van der Waals surface area contributed by atoms with Crippen molar-refractivity contribution in [1.82, 2.24) is 4.90 Å². The van der Waals surface area contributed by atoms with E-state index in [1.165, 1.54) is 18.7 Å². The van der Waals surface area contributed by atoms with Crippen LogP contribution in [0, 0.1) is 5.41 Å². The summed E-state index contributed by atoms with van der Waals surface area (Å²) < 4.78 is 0. The van der Waals surface area contributed by atoms with Crippen LogP contribution >= 0.6 is 11.6 Å². The Labute approximate surface area is 111 Å². The number of carbonyl (C=O) groups excluding carboxylic acids is 1. The smallest absolute Gasteiger partial charge is 0.318 e. The molecule has 0 heterocycles. The fourth-order valence-corrected chi connectivity index (χ4v) is 1.72. The molecular formula is C13H16ClNO3. The Morgan fingerprint density at radius 1 is 1.33 bits per heavy atom. The zero-order valence-corrected chi connectivity index (χ0v) is 11.4. The standard InChI is InChI=1S/C13H16ClNO3/c1-13(2,12(17)18)11(16)15(3)8-9-6-4-5-7-10(9)14/h4-7H,8H2,1-3H3,(H,17,18). The van der Waals surface area contributed by atoms with E-state index in [1.807, 2.05) is 6.07 Å². The molecule has 0 unspecified atom stereocenters. The molecule has 0 saturated carbocycles. The van der Waals surface area contributed by atoms with E-state index in [4.69, 9.17) is 16.7 Å². The SMILES string of the molecule is CN(Cc1ccccc1Cl)C(=O)C(C)(C)C(=O)O. The monoisotopic (exact) mass is 269 g/mol. The molecule has 1 amide bonds. The highest BCUT2D eigenvalue weighted by Gasteiger charge is 2.38. The highest BCUT2D eigenvalue weighted by atomic mass is 35.5. The molecule has 18 heavy (non-hydrogen) atoms. The molecule has 0 aliphatic carbocycles. The zero-order chi connectivity index (χ0) is 13.9. The van der Waals surface area contributed by atoms with Crippen LogP contribution in [0.15, 0.2) is 24.3 Å². The van der Waals surface area contributed by atoms with Crippen molar-refractivity contribution < 1.29 is 14.7 Å². The second kappa shape index (κ2) is 5.40. The van der Waals surface area contributed by atoms with Gasteiger partial charge in [0.1, 0.15) is 5.41 Å². The predicted molar refractivity (Wildman–Crippen MR) is 69.3 cm³/mol. The summed E-state index contributed by atoms with van der Waals surface area (Å²) in [6.07, 6.45) is 0. The van der Waals surface area contributed by atoms with Crippen molar-refractivity contribution in [2.75, 3.05) is 7.05 Å². The number of hydrogen-bond donors (Lipinski definition) is 1. The summed E-state index contributed by atoms with van der Waals surface area (Å²) in [5.74, 6) is -1.59. The lowest BCUT2D eigenvalue weighted by atomic mass is 9.92. The van der Waals surface area contributed by atoms with Crippen LogP contribution in [0.3, 0.4) is 0 Å². The topological polar surface area (TPSA) is 57.6 Å². The number of carboxylic acids is 1. The van der Waals surface area contributed by atoms with Gasteiger partial charge in [-0.25, -0.2) is 0 Å². The Bertz CT molecular complexity index is 471. The van der Waals surface area contributed by atoms with Crippen LogP contribution in [-0.4, -0.2) is 28.9 Å². The third-order valence-electron chi connectivity index (χ3n) is 2.78. The van der Waals surface area contributed by atoms with E-state index in [1.54, 1.807) is 25.2 Å². The molecule has 0 fully saturated rings. The van der Waals surface area contributed by atoms with Gasteiger partial charge < -0.3 is 10.0 Å². The van der Waals surface area contributed by atoms with Gasteiger partial charge in [0, 0.05) is 18.6 Å².